The van der Waals surface area contributed by atoms with Gasteiger partial charge in [0.05, 0.1) is 11.5 Å². The lowest BCUT2D eigenvalue weighted by molar-refractivity contribution is -0.187. The molecule has 2 nitrogen and oxygen atoms in total. The van der Waals surface area contributed by atoms with Crippen LogP contribution in [-0.4, -0.2) is 18.8 Å². The fourth-order valence-corrected chi connectivity index (χ4v) is 2.34. The van der Waals surface area contributed by atoms with Crippen LogP contribution in [0.3, 0.4) is 0 Å². The fraction of sp³-hybridized carbons (Fsp3) is 0.278. The second-order valence-corrected chi connectivity index (χ2v) is 5.58. The average Bonchev–Trinajstić information content (AvgIpc) is 2.57. The van der Waals surface area contributed by atoms with Crippen LogP contribution in [0, 0.1) is 0 Å². The molecule has 0 bridgehead atoms. The molecule has 0 radical (unpaired) electrons. The van der Waals surface area contributed by atoms with Crippen LogP contribution in [0.15, 0.2) is 54.6 Å². The lowest BCUT2D eigenvalue weighted by atomic mass is 9.91. The molecule has 26 heavy (non-hydrogen) atoms. The molecule has 140 valence electrons. The highest BCUT2D eigenvalue weighted by Crippen LogP contribution is 2.30. The lowest BCUT2D eigenvalue weighted by Gasteiger charge is -2.18. The number of hydrogen-bond donors (Lipinski definition) is 0. The fourth-order valence-electron chi connectivity index (χ4n) is 2.34. The van der Waals surface area contributed by atoms with Crippen LogP contribution in [0.1, 0.15) is 22.6 Å². The van der Waals surface area contributed by atoms with Crippen molar-refractivity contribution in [3.05, 3.63) is 71.3 Å². The second-order valence-electron chi connectivity index (χ2n) is 5.58. The number of ether oxygens (including phenoxy) is 1. The van der Waals surface area contributed by atoms with E-state index in [1.165, 1.54) is 12.1 Å². The van der Waals surface area contributed by atoms with Crippen molar-refractivity contribution >= 4 is 5.97 Å². The molecule has 0 heterocycles. The third-order valence-electron chi connectivity index (χ3n) is 3.59. The Kier molecular flexibility index (Phi) is 5.94. The molecule has 1 atom stereocenters. The monoisotopic (exact) mass is 376 g/mol. The zero-order chi connectivity index (χ0) is 19.4. The molecule has 2 aromatic rings. The molecular formula is C18H14F6O2. The minimum absolute atomic E-state index is 0.0845. The third-order valence-corrected chi connectivity index (χ3v) is 3.59. The summed E-state index contributed by atoms with van der Waals surface area (Å²) < 4.78 is 79.0. The Bertz CT molecular complexity index is 720. The average molecular weight is 376 g/mol. The molecule has 0 aliphatic carbocycles. The van der Waals surface area contributed by atoms with Crippen LogP contribution in [0.25, 0.3) is 0 Å². The summed E-state index contributed by atoms with van der Waals surface area (Å²) in [6.45, 7) is -1.72. The van der Waals surface area contributed by atoms with E-state index in [1.54, 1.807) is 30.3 Å². The molecule has 8 heteroatoms. The topological polar surface area (TPSA) is 26.3 Å². The standard InChI is InChI=1S/C18H14F6O2/c19-17(20,21)11-26-16(25)15(13-4-2-1-3-5-13)10-12-6-8-14(9-7-12)18(22,23)24/h1-9,15H,10-11H2. The van der Waals surface area contributed by atoms with Crippen molar-refractivity contribution in [1.29, 1.82) is 0 Å². The number of benzene rings is 2. The molecule has 0 aliphatic rings. The van der Waals surface area contributed by atoms with Gasteiger partial charge in [0.25, 0.3) is 0 Å². The number of rotatable bonds is 5. The molecule has 0 amide bonds. The van der Waals surface area contributed by atoms with Crippen molar-refractivity contribution in [3.8, 4) is 0 Å². The molecule has 0 spiro atoms. The molecule has 0 N–H and O–H groups in total. The highest BCUT2D eigenvalue weighted by Gasteiger charge is 2.33. The molecule has 0 saturated heterocycles. The zero-order valence-electron chi connectivity index (χ0n) is 13.3. The van der Waals surface area contributed by atoms with E-state index in [-0.39, 0.29) is 6.42 Å². The molecule has 2 aromatic carbocycles. The smallest absolute Gasteiger partial charge is 0.422 e. The highest BCUT2D eigenvalue weighted by atomic mass is 19.4. The van der Waals surface area contributed by atoms with E-state index in [0.29, 0.717) is 11.1 Å². The van der Waals surface area contributed by atoms with Crippen LogP contribution in [0.2, 0.25) is 0 Å². The summed E-state index contributed by atoms with van der Waals surface area (Å²) in [5.74, 6) is -2.15. The Morgan fingerprint density at radius 1 is 0.885 bits per heavy atom. The minimum Gasteiger partial charge on any atom is -0.456 e. The van der Waals surface area contributed by atoms with Gasteiger partial charge >= 0.3 is 18.3 Å². The van der Waals surface area contributed by atoms with E-state index in [1.807, 2.05) is 0 Å². The minimum atomic E-state index is -4.66. The Morgan fingerprint density at radius 2 is 1.46 bits per heavy atom. The van der Waals surface area contributed by atoms with Gasteiger partial charge in [-0.15, -0.1) is 0 Å². The summed E-state index contributed by atoms with van der Waals surface area (Å²) in [5, 5.41) is 0. The Balaban J connectivity index is 2.20. The summed E-state index contributed by atoms with van der Waals surface area (Å²) >= 11 is 0. The summed E-state index contributed by atoms with van der Waals surface area (Å²) in [5.41, 5.74) is -0.0625. The molecule has 0 aliphatic heterocycles. The van der Waals surface area contributed by atoms with Gasteiger partial charge in [-0.2, -0.15) is 26.3 Å². The number of alkyl halides is 6. The number of halogens is 6. The van der Waals surface area contributed by atoms with E-state index in [4.69, 9.17) is 0 Å². The van der Waals surface area contributed by atoms with E-state index in [0.717, 1.165) is 12.1 Å². The Morgan fingerprint density at radius 3 is 1.96 bits per heavy atom. The summed E-state index contributed by atoms with van der Waals surface area (Å²) in [6, 6.07) is 12.1. The second kappa shape index (κ2) is 7.80. The Labute approximate surface area is 145 Å². The first-order valence-corrected chi connectivity index (χ1v) is 7.51. The molecule has 2 rings (SSSR count). The van der Waals surface area contributed by atoms with Crippen molar-refractivity contribution in [3.63, 3.8) is 0 Å². The van der Waals surface area contributed by atoms with Gasteiger partial charge in [-0.1, -0.05) is 42.5 Å². The van der Waals surface area contributed by atoms with Gasteiger partial charge in [-0.25, -0.2) is 0 Å². The molecule has 0 saturated carbocycles. The maximum absolute atomic E-state index is 12.6. The van der Waals surface area contributed by atoms with Crippen LogP contribution in [0.4, 0.5) is 26.3 Å². The molecule has 0 fully saturated rings. The van der Waals surface area contributed by atoms with E-state index >= 15 is 0 Å². The van der Waals surface area contributed by atoms with E-state index < -0.39 is 36.4 Å². The van der Waals surface area contributed by atoms with Gasteiger partial charge in [-0.3, -0.25) is 4.79 Å². The van der Waals surface area contributed by atoms with Gasteiger partial charge in [0.2, 0.25) is 0 Å². The third kappa shape index (κ3) is 5.79. The van der Waals surface area contributed by atoms with Gasteiger partial charge in [0.15, 0.2) is 6.61 Å². The van der Waals surface area contributed by atoms with Crippen molar-refractivity contribution in [1.82, 2.24) is 0 Å². The van der Waals surface area contributed by atoms with Gasteiger partial charge < -0.3 is 4.74 Å². The van der Waals surface area contributed by atoms with Crippen molar-refractivity contribution in [2.24, 2.45) is 0 Å². The van der Waals surface area contributed by atoms with Crippen LogP contribution < -0.4 is 0 Å². The van der Waals surface area contributed by atoms with E-state index in [9.17, 15) is 31.1 Å². The van der Waals surface area contributed by atoms with Crippen molar-refractivity contribution in [2.75, 3.05) is 6.61 Å². The highest BCUT2D eigenvalue weighted by molar-refractivity contribution is 5.78. The first-order valence-electron chi connectivity index (χ1n) is 7.51. The number of carbonyl (C=O) groups is 1. The van der Waals surface area contributed by atoms with Crippen molar-refractivity contribution in [2.45, 2.75) is 24.7 Å². The SMILES string of the molecule is O=C(OCC(F)(F)F)C(Cc1ccc(C(F)(F)F)cc1)c1ccccc1. The number of carbonyl (C=O) groups excluding carboxylic acids is 1. The van der Waals surface area contributed by atoms with Gasteiger partial charge in [0.1, 0.15) is 0 Å². The molecular weight excluding hydrogens is 362 g/mol. The zero-order valence-corrected chi connectivity index (χ0v) is 13.3. The first-order chi connectivity index (χ1) is 12.1. The summed E-state index contributed by atoms with van der Waals surface area (Å²) in [7, 11) is 0. The number of hydrogen-bond acceptors (Lipinski definition) is 2. The number of esters is 1. The first kappa shape index (κ1) is 19.8. The van der Waals surface area contributed by atoms with Crippen LogP contribution >= 0.6 is 0 Å². The van der Waals surface area contributed by atoms with Crippen molar-refractivity contribution < 1.29 is 35.9 Å². The molecule has 0 aromatic heterocycles. The quantitative estimate of drug-likeness (QED) is 0.534. The maximum Gasteiger partial charge on any atom is 0.422 e. The predicted octanol–water partition coefficient (Wildman–Crippen LogP) is 5.14. The van der Waals surface area contributed by atoms with Crippen LogP contribution in [-0.2, 0) is 22.1 Å². The Hall–Kier alpha value is -2.51. The predicted molar refractivity (Wildman–Crippen MR) is 81.3 cm³/mol. The van der Waals surface area contributed by atoms with Gasteiger partial charge in [0, 0.05) is 0 Å². The summed E-state index contributed by atoms with van der Waals surface area (Å²) in [4.78, 5) is 12.1. The maximum atomic E-state index is 12.6. The van der Waals surface area contributed by atoms with E-state index in [2.05, 4.69) is 4.74 Å². The summed E-state index contributed by atoms with van der Waals surface area (Å²) in [6.07, 6.45) is -9.24. The van der Waals surface area contributed by atoms with Crippen LogP contribution in [0.5, 0.6) is 0 Å². The normalized spacial score (nSPS) is 13.3. The van der Waals surface area contributed by atoms with Gasteiger partial charge in [-0.05, 0) is 29.7 Å². The molecule has 1 unspecified atom stereocenters. The lowest BCUT2D eigenvalue weighted by Crippen LogP contribution is -2.25. The largest absolute Gasteiger partial charge is 0.456 e.